The number of carbonyl (C=O) groups excluding carboxylic acids is 1. The van der Waals surface area contributed by atoms with E-state index >= 15 is 0 Å². The molecule has 1 fully saturated rings. The SMILES string of the molecule is CNC(=O)[C@@H]1C[C@@H](NCc2ccc(OC)c(C)c2)CN1CC(c1ccccc1)c1ccccc1. The number of likely N-dealkylation sites (N-methyl/N-ethyl adjacent to an activating group) is 1. The van der Waals surface area contributed by atoms with Crippen molar-refractivity contribution in [3.05, 3.63) is 101 Å². The van der Waals surface area contributed by atoms with Gasteiger partial charge in [0, 0.05) is 38.6 Å². The highest BCUT2D eigenvalue weighted by atomic mass is 16.5. The first-order valence-corrected chi connectivity index (χ1v) is 12.0. The molecule has 1 aliphatic rings. The van der Waals surface area contributed by atoms with Crippen LogP contribution in [0.2, 0.25) is 0 Å². The molecule has 0 saturated carbocycles. The topological polar surface area (TPSA) is 53.6 Å². The molecular weight excluding hydrogens is 422 g/mol. The summed E-state index contributed by atoms with van der Waals surface area (Å²) in [6.07, 6.45) is 0.797. The lowest BCUT2D eigenvalue weighted by Crippen LogP contribution is -2.43. The number of hydrogen-bond acceptors (Lipinski definition) is 4. The molecule has 3 aromatic rings. The van der Waals surface area contributed by atoms with Crippen LogP contribution in [0.5, 0.6) is 5.75 Å². The lowest BCUT2D eigenvalue weighted by atomic mass is 9.90. The largest absolute Gasteiger partial charge is 0.496 e. The van der Waals surface area contributed by atoms with E-state index in [2.05, 4.69) is 95.3 Å². The van der Waals surface area contributed by atoms with Gasteiger partial charge in [-0.25, -0.2) is 0 Å². The Kier molecular flexibility index (Phi) is 7.99. The molecule has 3 aromatic carbocycles. The van der Waals surface area contributed by atoms with Gasteiger partial charge >= 0.3 is 0 Å². The molecule has 0 aromatic heterocycles. The number of carbonyl (C=O) groups is 1. The van der Waals surface area contributed by atoms with E-state index in [-0.39, 0.29) is 23.9 Å². The van der Waals surface area contributed by atoms with Gasteiger partial charge in [0.1, 0.15) is 5.75 Å². The van der Waals surface area contributed by atoms with Gasteiger partial charge in [-0.05, 0) is 41.7 Å². The van der Waals surface area contributed by atoms with E-state index in [0.29, 0.717) is 0 Å². The van der Waals surface area contributed by atoms with Gasteiger partial charge in [0.25, 0.3) is 0 Å². The van der Waals surface area contributed by atoms with Crippen LogP contribution in [-0.4, -0.2) is 50.1 Å². The van der Waals surface area contributed by atoms with Gasteiger partial charge in [0.15, 0.2) is 0 Å². The Bertz CT molecular complexity index is 1030. The number of amides is 1. The summed E-state index contributed by atoms with van der Waals surface area (Å²) in [5.41, 5.74) is 4.90. The van der Waals surface area contributed by atoms with Crippen LogP contribution in [0.3, 0.4) is 0 Å². The van der Waals surface area contributed by atoms with Crippen LogP contribution < -0.4 is 15.4 Å². The average Bonchev–Trinajstić information content (AvgIpc) is 3.29. The van der Waals surface area contributed by atoms with Crippen molar-refractivity contribution in [2.75, 3.05) is 27.2 Å². The summed E-state index contributed by atoms with van der Waals surface area (Å²) in [5.74, 6) is 1.20. The van der Waals surface area contributed by atoms with Crippen molar-refractivity contribution in [2.24, 2.45) is 0 Å². The fourth-order valence-corrected chi connectivity index (χ4v) is 5.01. The average molecular weight is 458 g/mol. The maximum Gasteiger partial charge on any atom is 0.237 e. The third-order valence-electron chi connectivity index (χ3n) is 6.83. The number of nitrogens with zero attached hydrogens (tertiary/aromatic N) is 1. The molecule has 0 aliphatic carbocycles. The lowest BCUT2D eigenvalue weighted by molar-refractivity contribution is -0.125. The lowest BCUT2D eigenvalue weighted by Gasteiger charge is -2.28. The van der Waals surface area contributed by atoms with E-state index in [1.807, 2.05) is 6.07 Å². The Balaban J connectivity index is 1.50. The van der Waals surface area contributed by atoms with Crippen molar-refractivity contribution in [3.8, 4) is 5.75 Å². The van der Waals surface area contributed by atoms with Gasteiger partial charge in [-0.3, -0.25) is 9.69 Å². The summed E-state index contributed by atoms with van der Waals surface area (Å²) in [6, 6.07) is 27.6. The molecule has 1 aliphatic heterocycles. The molecule has 34 heavy (non-hydrogen) atoms. The number of ether oxygens (including phenoxy) is 1. The molecule has 2 atom stereocenters. The maximum absolute atomic E-state index is 12.8. The Labute approximate surface area is 203 Å². The van der Waals surface area contributed by atoms with E-state index < -0.39 is 0 Å². The molecule has 0 spiro atoms. The smallest absolute Gasteiger partial charge is 0.237 e. The summed E-state index contributed by atoms with van der Waals surface area (Å²) in [7, 11) is 3.43. The first-order valence-electron chi connectivity index (χ1n) is 12.0. The predicted octanol–water partition coefficient (Wildman–Crippen LogP) is 4.11. The van der Waals surface area contributed by atoms with Gasteiger partial charge in [0.05, 0.1) is 13.2 Å². The summed E-state index contributed by atoms with van der Waals surface area (Å²) >= 11 is 0. The van der Waals surface area contributed by atoms with Crippen LogP contribution in [-0.2, 0) is 11.3 Å². The van der Waals surface area contributed by atoms with Crippen LogP contribution in [0, 0.1) is 6.92 Å². The van der Waals surface area contributed by atoms with Gasteiger partial charge in [-0.1, -0.05) is 72.8 Å². The molecule has 178 valence electrons. The highest BCUT2D eigenvalue weighted by Gasteiger charge is 2.37. The van der Waals surface area contributed by atoms with Crippen molar-refractivity contribution < 1.29 is 9.53 Å². The number of hydrogen-bond donors (Lipinski definition) is 2. The minimum Gasteiger partial charge on any atom is -0.496 e. The third-order valence-corrected chi connectivity index (χ3v) is 6.83. The molecule has 0 unspecified atom stereocenters. The molecule has 0 bridgehead atoms. The molecule has 1 amide bonds. The Morgan fingerprint density at radius 1 is 1.03 bits per heavy atom. The second kappa shape index (κ2) is 11.3. The quantitative estimate of drug-likeness (QED) is 0.508. The fraction of sp³-hybridized carbons (Fsp3) is 0.345. The minimum atomic E-state index is -0.143. The molecule has 5 heteroatoms. The standard InChI is InChI=1S/C29H35N3O2/c1-21-16-22(14-15-28(21)34-3)18-31-25-17-27(29(33)30-2)32(19-25)20-26(23-10-6-4-7-11-23)24-12-8-5-9-13-24/h4-16,25-27,31H,17-20H2,1-3H3,(H,30,33)/t25-,27+/m1/s1. The monoisotopic (exact) mass is 457 g/mol. The van der Waals surface area contributed by atoms with Gasteiger partial charge in [0.2, 0.25) is 5.91 Å². The van der Waals surface area contributed by atoms with Crippen molar-refractivity contribution >= 4 is 5.91 Å². The maximum atomic E-state index is 12.8. The van der Waals surface area contributed by atoms with Crippen molar-refractivity contribution in [1.29, 1.82) is 0 Å². The summed E-state index contributed by atoms with van der Waals surface area (Å²) < 4.78 is 5.38. The number of rotatable bonds is 9. The fourth-order valence-electron chi connectivity index (χ4n) is 5.01. The summed E-state index contributed by atoms with van der Waals surface area (Å²) in [6.45, 7) is 4.47. The van der Waals surface area contributed by atoms with Crippen molar-refractivity contribution in [3.63, 3.8) is 0 Å². The molecule has 5 nitrogen and oxygen atoms in total. The number of benzene rings is 3. The summed E-state index contributed by atoms with van der Waals surface area (Å²) in [4.78, 5) is 15.2. The van der Waals surface area contributed by atoms with Crippen LogP contribution in [0.1, 0.15) is 34.6 Å². The van der Waals surface area contributed by atoms with Gasteiger partial charge in [-0.15, -0.1) is 0 Å². The van der Waals surface area contributed by atoms with E-state index in [0.717, 1.165) is 37.4 Å². The van der Waals surface area contributed by atoms with Crippen LogP contribution in [0.15, 0.2) is 78.9 Å². The minimum absolute atomic E-state index is 0.0875. The first kappa shape index (κ1) is 24.0. The number of aryl methyl sites for hydroxylation is 1. The van der Waals surface area contributed by atoms with E-state index in [1.54, 1.807) is 14.2 Å². The van der Waals surface area contributed by atoms with Gasteiger partial charge in [-0.2, -0.15) is 0 Å². The normalized spacial score (nSPS) is 18.2. The van der Waals surface area contributed by atoms with Crippen LogP contribution in [0.25, 0.3) is 0 Å². The zero-order valence-corrected chi connectivity index (χ0v) is 20.3. The molecule has 1 heterocycles. The molecule has 1 saturated heterocycles. The second-order valence-electron chi connectivity index (χ2n) is 9.08. The third kappa shape index (κ3) is 5.66. The van der Waals surface area contributed by atoms with Crippen molar-refractivity contribution in [1.82, 2.24) is 15.5 Å². The first-order chi connectivity index (χ1) is 16.6. The second-order valence-corrected chi connectivity index (χ2v) is 9.08. The number of nitrogens with one attached hydrogen (secondary N) is 2. The summed E-state index contributed by atoms with van der Waals surface area (Å²) in [5, 5.41) is 6.57. The Morgan fingerprint density at radius 3 is 2.24 bits per heavy atom. The zero-order valence-electron chi connectivity index (χ0n) is 20.3. The van der Waals surface area contributed by atoms with Crippen molar-refractivity contribution in [2.45, 2.75) is 37.9 Å². The van der Waals surface area contributed by atoms with E-state index in [9.17, 15) is 4.79 Å². The Hall–Kier alpha value is -3.15. The van der Waals surface area contributed by atoms with Crippen LogP contribution >= 0.6 is 0 Å². The molecule has 2 N–H and O–H groups in total. The number of methoxy groups -OCH3 is 1. The van der Waals surface area contributed by atoms with E-state index in [4.69, 9.17) is 4.74 Å². The van der Waals surface area contributed by atoms with E-state index in [1.165, 1.54) is 16.7 Å². The highest BCUT2D eigenvalue weighted by Crippen LogP contribution is 2.29. The zero-order chi connectivity index (χ0) is 23.9. The molecule has 0 radical (unpaired) electrons. The predicted molar refractivity (Wildman–Crippen MR) is 137 cm³/mol. The highest BCUT2D eigenvalue weighted by molar-refractivity contribution is 5.81. The molecule has 4 rings (SSSR count). The Morgan fingerprint density at radius 2 is 1.68 bits per heavy atom. The number of likely N-dealkylation sites (tertiary alicyclic amines) is 1. The van der Waals surface area contributed by atoms with Gasteiger partial charge < -0.3 is 15.4 Å². The molecular formula is C29H35N3O2. The van der Waals surface area contributed by atoms with Crippen LogP contribution in [0.4, 0.5) is 0 Å².